The number of carbonyl (C=O) groups excluding carboxylic acids is 7. The molecule has 1 unspecified atom stereocenters. The summed E-state index contributed by atoms with van der Waals surface area (Å²) < 4.78 is 126. The number of hydrogen-bond donors (Lipinski definition) is 12. The van der Waals surface area contributed by atoms with Crippen LogP contribution in [0.1, 0.15) is 66.4 Å². The Bertz CT molecular complexity index is 3700. The molecule has 2 aromatic carbocycles. The van der Waals surface area contributed by atoms with Crippen LogP contribution in [-0.2, 0) is 83.5 Å². The van der Waals surface area contributed by atoms with E-state index >= 15 is 0 Å². The molecule has 1 aliphatic heterocycles. The number of carboxylic acid groups (broad SMARTS) is 4. The maximum Gasteiger partial charge on any atom is 0.458 e. The third-order valence-electron chi connectivity index (χ3n) is 16.2. The summed E-state index contributed by atoms with van der Waals surface area (Å²) in [5.41, 5.74) is 1.62. The number of H-pyrrole nitrogens is 1. The predicted octanol–water partition coefficient (Wildman–Crippen LogP) is 0.0135. The zero-order valence-corrected chi connectivity index (χ0v) is 62.4. The van der Waals surface area contributed by atoms with Crippen molar-refractivity contribution in [2.45, 2.75) is 94.7 Å². The average molecular weight is 1610 g/mol. The number of Topliss-reactive ketones (excluding diaryl/α,β-unsaturated/α-hetero) is 2. The van der Waals surface area contributed by atoms with Crippen LogP contribution in [-0.4, -0.2) is 329 Å². The fraction of sp³-hybridized carbons (Fsp3) is 0.597. The molecule has 37 nitrogen and oxygen atoms in total. The Balaban J connectivity index is 0.00000198. The Morgan fingerprint density at radius 3 is 1.60 bits per heavy atom. The monoisotopic (exact) mass is 1610 g/mol. The van der Waals surface area contributed by atoms with Crippen molar-refractivity contribution in [3.05, 3.63) is 65.6 Å². The number of alkyl halides is 6. The molecule has 111 heavy (non-hydrogen) atoms. The summed E-state index contributed by atoms with van der Waals surface area (Å²) in [4.78, 5) is 145. The van der Waals surface area contributed by atoms with Crippen LogP contribution in [0, 0.1) is 13.8 Å². The standard InChI is InChI=1S/C63H97N15O20S.C4F6O2/c1-45-36-49(37-46(2)59(45)99(92,93)73-51(62(90)91)40-70-60(88)47-9-11-52-48(38-47)39-71-78(52)19-5-13-67-63-68-16-17-69-63)98-30-4-8-53(79)64-14-6-28-95-32-34-97-35-33-96-29-7-15-66-61(89)50(10-12-54(80)65-18-31-94-3)72-55(81)41-74-20-22-75(42-56(82)83)24-26-77(44-58(86)87)27-25-76(23-21-74)43-57(84)85;5-3(6,7)1(11)2(12)4(8,9)10/h9,11,16-17,36-39,50-51,73H,4-8,10,12-15,18-35,40-44H2,1-3H3,(H,64,79)(H,65,80)(H,66,89)(H,70,88)(H,72,81)(H,82,83)(H,84,85)(H,86,87)(H,90,91)(H2,67,68,69);/t50-,51?;/m1./s1. The Morgan fingerprint density at radius 1 is 0.586 bits per heavy atom. The van der Waals surface area contributed by atoms with Gasteiger partial charge >= 0.3 is 47.8 Å². The SMILES string of the molecule is COCCNC(=O)CC[C@@H](NC(=O)CN1CCN(CC(=O)O)CCN(CC(=O)O)CCN(CC(=O)O)CC1)C(=O)NCCCOCCOCCOCCCNC(=O)CCCOc1cc(C)c(S(=O)(=O)NC(CNC(=O)c2ccc3c(cnn3CCCNc3ncc[nH]3)c2)C(=O)O)c(C)c1.O=C(C(=O)C(F)(F)F)C(F)(F)F. The van der Waals surface area contributed by atoms with Crippen LogP contribution in [0.4, 0.5) is 32.3 Å². The number of methoxy groups -OCH3 is 1. The quantitative estimate of drug-likeness (QED) is 0.0157. The number of nitrogens with one attached hydrogen (secondary N) is 8. The minimum absolute atomic E-state index is 0.0327. The molecule has 3 heterocycles. The minimum atomic E-state index is -5.77. The predicted molar refractivity (Wildman–Crippen MR) is 381 cm³/mol. The molecule has 0 saturated carbocycles. The van der Waals surface area contributed by atoms with Crippen molar-refractivity contribution < 1.29 is 132 Å². The van der Waals surface area contributed by atoms with Crippen molar-refractivity contribution in [1.82, 2.24) is 70.7 Å². The Labute approximate surface area is 634 Å². The highest BCUT2D eigenvalue weighted by Crippen LogP contribution is 2.27. The molecule has 1 saturated heterocycles. The summed E-state index contributed by atoms with van der Waals surface area (Å²) in [7, 11) is -2.92. The number of halogens is 6. The summed E-state index contributed by atoms with van der Waals surface area (Å²) in [6.45, 7) is 7.20. The van der Waals surface area contributed by atoms with Crippen molar-refractivity contribution in [3.63, 3.8) is 0 Å². The van der Waals surface area contributed by atoms with Crippen LogP contribution in [0.15, 0.2) is 53.8 Å². The van der Waals surface area contributed by atoms with Gasteiger partial charge in [-0.25, -0.2) is 13.4 Å². The van der Waals surface area contributed by atoms with Gasteiger partial charge in [-0.05, 0) is 87.4 Å². The molecule has 1 aliphatic rings. The first-order valence-corrected chi connectivity index (χ1v) is 36.6. The maximum absolute atomic E-state index is 13.6. The molecular weight excluding hydrogens is 1510 g/mol. The zero-order valence-electron chi connectivity index (χ0n) is 61.6. The number of sulfonamides is 1. The molecule has 1 fully saturated rings. The van der Waals surface area contributed by atoms with Gasteiger partial charge in [-0.3, -0.25) is 77.0 Å². The van der Waals surface area contributed by atoms with Gasteiger partial charge in [-0.1, -0.05) is 0 Å². The second-order valence-corrected chi connectivity index (χ2v) is 26.7. The van der Waals surface area contributed by atoms with E-state index in [1.807, 2.05) is 4.68 Å². The number of ketones is 2. The van der Waals surface area contributed by atoms with Crippen LogP contribution in [0.25, 0.3) is 10.9 Å². The number of imidazole rings is 1. The number of amides is 5. The van der Waals surface area contributed by atoms with Gasteiger partial charge < -0.3 is 81.0 Å². The van der Waals surface area contributed by atoms with Gasteiger partial charge in [-0.2, -0.15) is 36.2 Å². The van der Waals surface area contributed by atoms with E-state index in [2.05, 4.69) is 51.7 Å². The van der Waals surface area contributed by atoms with E-state index in [1.165, 1.54) is 19.2 Å². The normalized spacial score (nSPS) is 14.3. The molecule has 0 radical (unpaired) electrons. The van der Waals surface area contributed by atoms with E-state index in [1.54, 1.807) is 70.2 Å². The summed E-state index contributed by atoms with van der Waals surface area (Å²) in [6.07, 6.45) is -4.42. The topological polar surface area (TPSA) is 493 Å². The summed E-state index contributed by atoms with van der Waals surface area (Å²) >= 11 is 0. The molecule has 5 rings (SSSR count). The number of aryl methyl sites for hydroxylation is 3. The molecule has 12 N–H and O–H groups in total. The van der Waals surface area contributed by atoms with E-state index in [-0.39, 0.29) is 166 Å². The number of rotatable bonds is 48. The number of carbonyl (C=O) groups is 11. The Morgan fingerprint density at radius 2 is 1.10 bits per heavy atom. The molecular formula is C67H97F6N15O22S. The molecule has 0 bridgehead atoms. The first-order chi connectivity index (χ1) is 52.6. The van der Waals surface area contributed by atoms with Gasteiger partial charge in [0.15, 0.2) is 5.95 Å². The van der Waals surface area contributed by atoms with Gasteiger partial charge in [0.2, 0.25) is 33.7 Å². The van der Waals surface area contributed by atoms with Crippen molar-refractivity contribution in [3.8, 4) is 5.75 Å². The Hall–Kier alpha value is -9.54. The first-order valence-electron chi connectivity index (χ1n) is 35.1. The number of anilines is 1. The molecule has 2 aromatic heterocycles. The van der Waals surface area contributed by atoms with Gasteiger partial charge in [0, 0.05) is 148 Å². The van der Waals surface area contributed by atoms with Crippen LogP contribution < -0.4 is 41.4 Å². The van der Waals surface area contributed by atoms with Gasteiger partial charge in [0.05, 0.1) is 82.4 Å². The lowest BCUT2D eigenvalue weighted by atomic mass is 10.1. The molecule has 0 spiro atoms. The second-order valence-electron chi connectivity index (χ2n) is 25.0. The smallest absolute Gasteiger partial charge is 0.458 e. The summed E-state index contributed by atoms with van der Waals surface area (Å²) in [5, 5.41) is 60.5. The molecule has 44 heteroatoms. The number of carboxylic acids is 4. The lowest BCUT2D eigenvalue weighted by Gasteiger charge is -2.33. The van der Waals surface area contributed by atoms with Crippen LogP contribution in [0.5, 0.6) is 5.75 Å². The first kappa shape index (κ1) is 93.8. The Kier molecular flexibility index (Phi) is 41.4. The fourth-order valence-electron chi connectivity index (χ4n) is 10.7. The van der Waals surface area contributed by atoms with Crippen LogP contribution >= 0.6 is 0 Å². The van der Waals surface area contributed by atoms with E-state index in [0.717, 1.165) is 11.9 Å². The fourth-order valence-corrected chi connectivity index (χ4v) is 12.4. The van der Waals surface area contributed by atoms with Crippen molar-refractivity contribution in [1.29, 1.82) is 0 Å². The zero-order chi connectivity index (χ0) is 82.1. The van der Waals surface area contributed by atoms with E-state index in [0.29, 0.717) is 86.9 Å². The van der Waals surface area contributed by atoms with Gasteiger partial charge in [-0.15, -0.1) is 0 Å². The summed E-state index contributed by atoms with van der Waals surface area (Å²) in [5.74, 6) is -12.8. The number of nitrogens with zero attached hydrogens (tertiary/aromatic N) is 7. The molecule has 4 aromatic rings. The van der Waals surface area contributed by atoms with Crippen molar-refractivity contribution >= 4 is 91.9 Å². The minimum Gasteiger partial charge on any atom is -0.494 e. The van der Waals surface area contributed by atoms with Crippen molar-refractivity contribution in [2.24, 2.45) is 0 Å². The van der Waals surface area contributed by atoms with Gasteiger partial charge in [0.1, 0.15) is 17.8 Å². The van der Waals surface area contributed by atoms with E-state index in [4.69, 9.17) is 23.7 Å². The van der Waals surface area contributed by atoms with Crippen LogP contribution in [0.2, 0.25) is 0 Å². The highest BCUT2D eigenvalue weighted by atomic mass is 32.2. The highest BCUT2D eigenvalue weighted by Gasteiger charge is 2.54. The molecule has 0 aliphatic carbocycles. The van der Waals surface area contributed by atoms with E-state index < -0.39 is 94.2 Å². The third kappa shape index (κ3) is 37.4. The number of aromatic nitrogens is 4. The number of benzene rings is 2. The molecule has 620 valence electrons. The summed E-state index contributed by atoms with van der Waals surface area (Å²) in [6, 6.07) is 5.16. The number of aliphatic carboxylic acids is 4. The second kappa shape index (κ2) is 49.0. The molecule has 2 atom stereocenters. The number of aromatic amines is 1. The van der Waals surface area contributed by atoms with Crippen molar-refractivity contribution in [2.75, 3.05) is 177 Å². The van der Waals surface area contributed by atoms with E-state index in [9.17, 15) is 108 Å². The molecule has 5 amide bonds. The largest absolute Gasteiger partial charge is 0.494 e. The lowest BCUT2D eigenvalue weighted by Crippen LogP contribution is -2.52. The number of ether oxygens (including phenoxy) is 5. The average Bonchev–Trinajstić information content (AvgIpc) is 1.31. The van der Waals surface area contributed by atoms with Gasteiger partial charge in [0.25, 0.3) is 5.91 Å². The number of fused-ring (bicyclic) bond motifs is 1. The van der Waals surface area contributed by atoms with Crippen LogP contribution in [0.3, 0.4) is 0 Å². The highest BCUT2D eigenvalue weighted by molar-refractivity contribution is 7.89. The maximum atomic E-state index is 13.6. The third-order valence-corrected chi connectivity index (χ3v) is 17.9. The lowest BCUT2D eigenvalue weighted by molar-refractivity contribution is -0.193. The number of hydrogen-bond acceptors (Lipinski definition) is 25.